The zero-order valence-electron chi connectivity index (χ0n) is 12.7. The summed E-state index contributed by atoms with van der Waals surface area (Å²) in [7, 11) is 0. The summed E-state index contributed by atoms with van der Waals surface area (Å²) in [5.74, 6) is -1.20. The minimum Gasteiger partial charge on any atom is -0.480 e. The Hall–Kier alpha value is -1.46. The van der Waals surface area contributed by atoms with Gasteiger partial charge in [0.2, 0.25) is 0 Å². The fraction of sp³-hybridized carbons (Fsp3) is 0.429. The SMILES string of the molecule is [2H]CC(C)(C)OC(=O)N[C@@H](Cc1ccc(Cl)c(Cl)c1)C(=O)O. The Morgan fingerprint density at radius 3 is 2.62 bits per heavy atom. The molecule has 0 saturated heterocycles. The fourth-order valence-electron chi connectivity index (χ4n) is 1.53. The van der Waals surface area contributed by atoms with E-state index in [2.05, 4.69) is 5.32 Å². The highest BCUT2D eigenvalue weighted by molar-refractivity contribution is 6.42. The quantitative estimate of drug-likeness (QED) is 0.883. The molecule has 21 heavy (non-hydrogen) atoms. The van der Waals surface area contributed by atoms with Crippen LogP contribution in [0.15, 0.2) is 18.2 Å². The predicted molar refractivity (Wildman–Crippen MR) is 81.0 cm³/mol. The number of carboxylic acids is 1. The van der Waals surface area contributed by atoms with E-state index in [9.17, 15) is 14.7 Å². The number of nitrogens with one attached hydrogen (secondary N) is 1. The third kappa shape index (κ3) is 6.23. The highest BCUT2D eigenvalue weighted by Crippen LogP contribution is 2.23. The maximum Gasteiger partial charge on any atom is 0.408 e. The van der Waals surface area contributed by atoms with E-state index in [1.165, 1.54) is 0 Å². The van der Waals surface area contributed by atoms with Crippen LogP contribution >= 0.6 is 23.2 Å². The lowest BCUT2D eigenvalue weighted by Gasteiger charge is -2.22. The summed E-state index contributed by atoms with van der Waals surface area (Å²) >= 11 is 11.7. The first kappa shape index (κ1) is 15.9. The van der Waals surface area contributed by atoms with E-state index in [1.807, 2.05) is 0 Å². The molecule has 1 amide bonds. The van der Waals surface area contributed by atoms with Gasteiger partial charge in [0.05, 0.1) is 10.0 Å². The van der Waals surface area contributed by atoms with Gasteiger partial charge in [0.25, 0.3) is 0 Å². The maximum absolute atomic E-state index is 11.7. The molecule has 0 spiro atoms. The lowest BCUT2D eigenvalue weighted by molar-refractivity contribution is -0.139. The minimum atomic E-state index is -1.20. The first-order chi connectivity index (χ1) is 10.1. The second-order valence-electron chi connectivity index (χ2n) is 5.14. The van der Waals surface area contributed by atoms with Crippen LogP contribution in [0.5, 0.6) is 0 Å². The van der Waals surface area contributed by atoms with Gasteiger partial charge >= 0.3 is 12.1 Å². The molecule has 5 nitrogen and oxygen atoms in total. The number of amides is 1. The van der Waals surface area contributed by atoms with Gasteiger partial charge in [-0.1, -0.05) is 29.3 Å². The van der Waals surface area contributed by atoms with Gasteiger partial charge in [-0.15, -0.1) is 0 Å². The third-order valence-corrected chi connectivity index (χ3v) is 3.12. The highest BCUT2D eigenvalue weighted by atomic mass is 35.5. The van der Waals surface area contributed by atoms with Gasteiger partial charge in [-0.3, -0.25) is 0 Å². The van der Waals surface area contributed by atoms with Crippen molar-refractivity contribution in [3.05, 3.63) is 33.8 Å². The van der Waals surface area contributed by atoms with Crippen LogP contribution < -0.4 is 5.32 Å². The average molecular weight is 335 g/mol. The lowest BCUT2D eigenvalue weighted by Crippen LogP contribution is -2.44. The Balaban J connectivity index is 2.76. The largest absolute Gasteiger partial charge is 0.480 e. The molecule has 0 aliphatic heterocycles. The first-order valence-electron chi connectivity index (χ1n) is 6.81. The molecule has 0 unspecified atom stereocenters. The number of carbonyl (C=O) groups excluding carboxylic acids is 1. The van der Waals surface area contributed by atoms with Crippen LogP contribution in [0.2, 0.25) is 10.0 Å². The van der Waals surface area contributed by atoms with Gasteiger partial charge in [0.1, 0.15) is 11.6 Å². The number of benzene rings is 1. The molecule has 7 heteroatoms. The Kier molecular flexibility index (Phi) is 5.31. The molecule has 0 radical (unpaired) electrons. The summed E-state index contributed by atoms with van der Waals surface area (Å²) in [6.07, 6.45) is -0.854. The van der Waals surface area contributed by atoms with Gasteiger partial charge in [0, 0.05) is 7.79 Å². The maximum atomic E-state index is 11.7. The zero-order chi connectivity index (χ0) is 16.9. The van der Waals surface area contributed by atoms with E-state index in [1.54, 1.807) is 32.0 Å². The van der Waals surface area contributed by atoms with Crippen molar-refractivity contribution in [2.75, 3.05) is 0 Å². The molecule has 1 aromatic carbocycles. The molecule has 0 fully saturated rings. The molecule has 0 aliphatic rings. The van der Waals surface area contributed by atoms with Gasteiger partial charge in [-0.05, 0) is 38.4 Å². The van der Waals surface area contributed by atoms with E-state index >= 15 is 0 Å². The summed E-state index contributed by atoms with van der Waals surface area (Å²) in [5.41, 5.74) is -0.377. The van der Waals surface area contributed by atoms with Gasteiger partial charge in [-0.25, -0.2) is 9.59 Å². The van der Waals surface area contributed by atoms with Crippen LogP contribution in [0.1, 0.15) is 27.7 Å². The molecule has 1 atom stereocenters. The van der Waals surface area contributed by atoms with Crippen LogP contribution in [-0.2, 0) is 16.0 Å². The average Bonchev–Trinajstić information content (AvgIpc) is 2.41. The summed E-state index contributed by atoms with van der Waals surface area (Å²) in [4.78, 5) is 23.0. The number of halogens is 2. The Morgan fingerprint density at radius 2 is 2.10 bits per heavy atom. The zero-order valence-corrected chi connectivity index (χ0v) is 13.2. The number of aliphatic carboxylic acids is 1. The molecule has 1 rings (SSSR count). The van der Waals surface area contributed by atoms with Crippen molar-refractivity contribution in [3.8, 4) is 0 Å². The van der Waals surface area contributed by atoms with Crippen molar-refractivity contribution < 1.29 is 20.8 Å². The van der Waals surface area contributed by atoms with E-state index in [-0.39, 0.29) is 13.3 Å². The van der Waals surface area contributed by atoms with Gasteiger partial charge < -0.3 is 15.2 Å². The van der Waals surface area contributed by atoms with Crippen LogP contribution in [-0.4, -0.2) is 28.8 Å². The van der Waals surface area contributed by atoms with Crippen molar-refractivity contribution in [2.24, 2.45) is 0 Å². The smallest absolute Gasteiger partial charge is 0.408 e. The number of hydrogen-bond donors (Lipinski definition) is 2. The van der Waals surface area contributed by atoms with Crippen molar-refractivity contribution in [1.29, 1.82) is 0 Å². The number of carboxylic acid groups (broad SMARTS) is 1. The van der Waals surface area contributed by atoms with Crippen LogP contribution in [0.3, 0.4) is 0 Å². The highest BCUT2D eigenvalue weighted by Gasteiger charge is 2.24. The predicted octanol–water partition coefficient (Wildman–Crippen LogP) is 3.51. The second kappa shape index (κ2) is 7.00. The fourth-order valence-corrected chi connectivity index (χ4v) is 1.85. The molecule has 116 valence electrons. The van der Waals surface area contributed by atoms with E-state index < -0.39 is 23.7 Å². The summed E-state index contributed by atoms with van der Waals surface area (Å²) in [6.45, 7) is 2.99. The molecule has 0 aliphatic carbocycles. The summed E-state index contributed by atoms with van der Waals surface area (Å²) in [5, 5.41) is 12.1. The molecule has 0 saturated carbocycles. The topological polar surface area (TPSA) is 75.6 Å². The Labute approximate surface area is 134 Å². The van der Waals surface area contributed by atoms with Crippen molar-refractivity contribution in [1.82, 2.24) is 5.32 Å². The van der Waals surface area contributed by atoms with Crippen molar-refractivity contribution in [3.63, 3.8) is 0 Å². The molecule has 0 bridgehead atoms. The molecule has 0 heterocycles. The molecule has 1 aromatic rings. The lowest BCUT2D eigenvalue weighted by atomic mass is 10.1. The third-order valence-electron chi connectivity index (χ3n) is 2.38. The first-order valence-corrected chi connectivity index (χ1v) is 6.85. The number of hydrogen-bond acceptors (Lipinski definition) is 3. The molecular formula is C14H17Cl2NO4. The monoisotopic (exact) mass is 334 g/mol. The number of alkyl carbamates (subject to hydrolysis) is 1. The molecule has 0 aromatic heterocycles. The molecular weight excluding hydrogens is 317 g/mol. The number of carbonyl (C=O) groups is 2. The number of rotatable bonds is 4. The molecule has 2 N–H and O–H groups in total. The number of ether oxygens (including phenoxy) is 1. The van der Waals surface area contributed by atoms with Crippen molar-refractivity contribution in [2.45, 2.75) is 38.8 Å². The van der Waals surface area contributed by atoms with Crippen LogP contribution in [0, 0.1) is 0 Å². The summed E-state index contributed by atoms with van der Waals surface area (Å²) in [6, 6.07) is 3.55. The Morgan fingerprint density at radius 1 is 1.43 bits per heavy atom. The van der Waals surface area contributed by atoms with E-state index in [0.29, 0.717) is 15.6 Å². The second-order valence-corrected chi connectivity index (χ2v) is 5.95. The van der Waals surface area contributed by atoms with Gasteiger partial charge in [0.15, 0.2) is 0 Å². The van der Waals surface area contributed by atoms with Crippen LogP contribution in [0.25, 0.3) is 0 Å². The summed E-state index contributed by atoms with van der Waals surface area (Å²) < 4.78 is 12.2. The Bertz CT molecular complexity index is 566. The van der Waals surface area contributed by atoms with E-state index in [0.717, 1.165) is 0 Å². The minimum absolute atomic E-state index is 0.0304. The van der Waals surface area contributed by atoms with Crippen molar-refractivity contribution >= 4 is 35.3 Å². The van der Waals surface area contributed by atoms with Gasteiger partial charge in [-0.2, -0.15) is 0 Å². The standard InChI is InChI=1S/C14H17Cl2NO4/c1-14(2,3)21-13(20)17-11(12(18)19)7-8-4-5-9(15)10(16)6-8/h4-6,11H,7H2,1-3H3,(H,17,20)(H,18,19)/t11-/m0/s1/i1D. The van der Waals surface area contributed by atoms with E-state index in [4.69, 9.17) is 29.3 Å². The van der Waals surface area contributed by atoms with Crippen LogP contribution in [0.4, 0.5) is 4.79 Å². The normalized spacial score (nSPS) is 13.2.